The molecule has 0 bridgehead atoms. The molecule has 0 saturated carbocycles. The second-order valence-electron chi connectivity index (χ2n) is 7.12. The van der Waals surface area contributed by atoms with Crippen LogP contribution in [0.25, 0.3) is 6.08 Å². The van der Waals surface area contributed by atoms with Gasteiger partial charge in [-0.1, -0.05) is 12.2 Å². The number of hydrogen-bond donors (Lipinski definition) is 1. The van der Waals surface area contributed by atoms with E-state index in [0.29, 0.717) is 34.3 Å². The minimum atomic E-state index is -1.25. The average Bonchev–Trinajstić information content (AvgIpc) is 2.85. The maximum atomic E-state index is 11.5. The Bertz CT molecular complexity index is 950. The van der Waals surface area contributed by atoms with E-state index in [-0.39, 0.29) is 12.4 Å². The Labute approximate surface area is 199 Å². The molecule has 0 fully saturated rings. The number of aliphatic hydroxyl groups is 1. The lowest BCUT2D eigenvalue weighted by molar-refractivity contribution is -0.145. The van der Waals surface area contributed by atoms with E-state index in [1.165, 1.54) is 42.5 Å². The number of carbonyl (C=O) groups is 1. The second-order valence-corrected chi connectivity index (χ2v) is 7.12. The minimum Gasteiger partial charge on any atom is -0.493 e. The molecule has 2 rings (SSSR count). The van der Waals surface area contributed by atoms with Gasteiger partial charge in [-0.15, -0.1) is 0 Å². The van der Waals surface area contributed by atoms with Crippen molar-refractivity contribution in [3.63, 3.8) is 0 Å². The summed E-state index contributed by atoms with van der Waals surface area (Å²) < 4.78 is 38.5. The van der Waals surface area contributed by atoms with Crippen molar-refractivity contribution in [2.75, 3.05) is 42.2 Å². The summed E-state index contributed by atoms with van der Waals surface area (Å²) in [5.41, 5.74) is 1.24. The number of rotatable bonds is 12. The van der Waals surface area contributed by atoms with Crippen LogP contribution in [-0.2, 0) is 9.53 Å². The Morgan fingerprint density at radius 3 is 1.76 bits per heavy atom. The number of hydrogen-bond acceptors (Lipinski definition) is 9. The van der Waals surface area contributed by atoms with Crippen LogP contribution in [-0.4, -0.2) is 59.3 Å². The van der Waals surface area contributed by atoms with Crippen molar-refractivity contribution in [1.29, 1.82) is 0 Å². The fraction of sp³-hybridized carbons (Fsp3) is 0.400. The van der Waals surface area contributed by atoms with Crippen LogP contribution in [0, 0.1) is 0 Å². The van der Waals surface area contributed by atoms with E-state index in [0.717, 1.165) is 5.56 Å². The molecule has 0 unspecified atom stereocenters. The highest BCUT2D eigenvalue weighted by atomic mass is 16.6. The van der Waals surface area contributed by atoms with Gasteiger partial charge in [-0.2, -0.15) is 0 Å². The number of ether oxygens (including phenoxy) is 7. The lowest BCUT2D eigenvalue weighted by Gasteiger charge is -2.27. The fourth-order valence-corrected chi connectivity index (χ4v) is 3.33. The van der Waals surface area contributed by atoms with Crippen LogP contribution < -0.4 is 28.4 Å². The van der Waals surface area contributed by atoms with Crippen molar-refractivity contribution in [1.82, 2.24) is 0 Å². The Morgan fingerprint density at radius 1 is 0.853 bits per heavy atom. The molecule has 9 heteroatoms. The molecule has 0 spiro atoms. The highest BCUT2D eigenvalue weighted by Crippen LogP contribution is 2.43. The first kappa shape index (κ1) is 26.7. The first-order valence-corrected chi connectivity index (χ1v) is 10.5. The van der Waals surface area contributed by atoms with Crippen molar-refractivity contribution >= 4 is 12.0 Å². The highest BCUT2D eigenvalue weighted by molar-refractivity contribution is 5.66. The van der Waals surface area contributed by atoms with Gasteiger partial charge in [0.1, 0.15) is 12.7 Å². The van der Waals surface area contributed by atoms with Gasteiger partial charge >= 0.3 is 5.97 Å². The highest BCUT2D eigenvalue weighted by Gasteiger charge is 2.29. The van der Waals surface area contributed by atoms with E-state index < -0.39 is 18.2 Å². The minimum absolute atomic E-state index is 0.240. The normalized spacial score (nSPS) is 12.6. The van der Waals surface area contributed by atoms with Crippen LogP contribution in [0.1, 0.15) is 31.1 Å². The molecule has 0 aliphatic heterocycles. The van der Waals surface area contributed by atoms with Crippen LogP contribution in [0.5, 0.6) is 34.5 Å². The fourth-order valence-electron chi connectivity index (χ4n) is 3.33. The number of allylic oxidation sites excluding steroid dienone is 1. The van der Waals surface area contributed by atoms with Crippen LogP contribution >= 0.6 is 0 Å². The van der Waals surface area contributed by atoms with Gasteiger partial charge in [0.2, 0.25) is 11.5 Å². The van der Waals surface area contributed by atoms with E-state index in [9.17, 15) is 9.90 Å². The maximum Gasteiger partial charge on any atom is 0.302 e. The topological polar surface area (TPSA) is 102 Å². The van der Waals surface area contributed by atoms with Gasteiger partial charge in [-0.3, -0.25) is 4.79 Å². The molecule has 2 aromatic rings. The lowest BCUT2D eigenvalue weighted by Crippen LogP contribution is -2.31. The van der Waals surface area contributed by atoms with E-state index in [1.54, 1.807) is 24.3 Å². The zero-order valence-corrected chi connectivity index (χ0v) is 20.5. The van der Waals surface area contributed by atoms with Gasteiger partial charge in [0.15, 0.2) is 29.1 Å². The van der Waals surface area contributed by atoms with Gasteiger partial charge < -0.3 is 38.3 Å². The van der Waals surface area contributed by atoms with Crippen molar-refractivity contribution in [2.24, 2.45) is 0 Å². The summed E-state index contributed by atoms with van der Waals surface area (Å²) in [6.45, 7) is 2.93. The standard InChI is InChI=1S/C25H32O9/c1-8-9-16-10-18(28-3)25(19(11-16)29-4)34-22(14-33-15(2)26)23(27)17-12-20(30-5)24(32-7)21(13-17)31-6/h8-13,22-23,27H,14H2,1-7H3/t22-,23+/m1/s1. The van der Waals surface area contributed by atoms with Crippen LogP contribution in [0.2, 0.25) is 0 Å². The van der Waals surface area contributed by atoms with Gasteiger partial charge in [-0.05, 0) is 42.3 Å². The molecule has 2 atom stereocenters. The molecule has 0 aromatic heterocycles. The van der Waals surface area contributed by atoms with Crippen LogP contribution in [0.4, 0.5) is 0 Å². The number of aliphatic hydroxyl groups excluding tert-OH is 1. The molecule has 0 amide bonds. The smallest absolute Gasteiger partial charge is 0.302 e. The predicted molar refractivity (Wildman–Crippen MR) is 126 cm³/mol. The molecule has 0 heterocycles. The number of carbonyl (C=O) groups excluding carboxylic acids is 1. The van der Waals surface area contributed by atoms with Gasteiger partial charge in [-0.25, -0.2) is 0 Å². The first-order chi connectivity index (χ1) is 16.3. The van der Waals surface area contributed by atoms with Crippen LogP contribution in [0.3, 0.4) is 0 Å². The average molecular weight is 477 g/mol. The number of esters is 1. The summed E-state index contributed by atoms with van der Waals surface area (Å²) in [6, 6.07) is 6.73. The summed E-state index contributed by atoms with van der Waals surface area (Å²) >= 11 is 0. The Morgan fingerprint density at radius 2 is 1.35 bits per heavy atom. The summed E-state index contributed by atoms with van der Waals surface area (Å²) in [7, 11) is 7.43. The van der Waals surface area contributed by atoms with E-state index in [4.69, 9.17) is 33.2 Å². The maximum absolute atomic E-state index is 11.5. The third kappa shape index (κ3) is 6.26. The summed E-state index contributed by atoms with van der Waals surface area (Å²) in [5, 5.41) is 11.3. The van der Waals surface area contributed by atoms with E-state index >= 15 is 0 Å². The quantitative estimate of drug-likeness (QED) is 0.458. The predicted octanol–water partition coefficient (Wildman–Crippen LogP) is 3.81. The molecule has 0 saturated heterocycles. The second kappa shape index (κ2) is 12.6. The Hall–Kier alpha value is -3.59. The zero-order chi connectivity index (χ0) is 25.3. The first-order valence-electron chi connectivity index (χ1n) is 10.5. The van der Waals surface area contributed by atoms with Crippen molar-refractivity contribution in [3.05, 3.63) is 41.5 Å². The summed E-state index contributed by atoms with van der Waals surface area (Å²) in [6.07, 6.45) is 1.49. The Balaban J connectivity index is 2.54. The van der Waals surface area contributed by atoms with Crippen molar-refractivity contribution < 1.29 is 43.1 Å². The molecular formula is C25H32O9. The lowest BCUT2D eigenvalue weighted by atomic mass is 10.0. The van der Waals surface area contributed by atoms with E-state index in [2.05, 4.69) is 0 Å². The molecule has 0 aliphatic rings. The van der Waals surface area contributed by atoms with Gasteiger partial charge in [0, 0.05) is 6.92 Å². The largest absolute Gasteiger partial charge is 0.493 e. The zero-order valence-electron chi connectivity index (χ0n) is 20.5. The van der Waals surface area contributed by atoms with Gasteiger partial charge in [0.25, 0.3) is 0 Å². The van der Waals surface area contributed by atoms with Gasteiger partial charge in [0.05, 0.1) is 35.5 Å². The molecule has 2 aromatic carbocycles. The molecule has 1 N–H and O–H groups in total. The number of benzene rings is 2. The van der Waals surface area contributed by atoms with Crippen molar-refractivity contribution in [3.8, 4) is 34.5 Å². The van der Waals surface area contributed by atoms with E-state index in [1.807, 2.05) is 19.1 Å². The van der Waals surface area contributed by atoms with Crippen molar-refractivity contribution in [2.45, 2.75) is 26.1 Å². The molecular weight excluding hydrogens is 444 g/mol. The molecule has 9 nitrogen and oxygen atoms in total. The SMILES string of the molecule is CC=Cc1cc(OC)c(O[C@H](COC(C)=O)[C@@H](O)c2cc(OC)c(OC)c(OC)c2)c(OC)c1. The third-order valence-electron chi connectivity index (χ3n) is 4.94. The number of methoxy groups -OCH3 is 5. The Kier molecular flexibility index (Phi) is 9.88. The molecule has 34 heavy (non-hydrogen) atoms. The molecule has 186 valence electrons. The molecule has 0 aliphatic carbocycles. The summed E-state index contributed by atoms with van der Waals surface area (Å²) in [5.74, 6) is 1.59. The molecule has 0 radical (unpaired) electrons. The van der Waals surface area contributed by atoms with Crippen LogP contribution in [0.15, 0.2) is 30.3 Å². The monoisotopic (exact) mass is 476 g/mol. The summed E-state index contributed by atoms with van der Waals surface area (Å²) in [4.78, 5) is 11.5. The third-order valence-corrected chi connectivity index (χ3v) is 4.94.